The molecule has 3 aromatic carbocycles. The number of hydrogen-bond acceptors (Lipinski definition) is 4. The molecule has 5 heteroatoms. The quantitative estimate of drug-likeness (QED) is 0.328. The van der Waals surface area contributed by atoms with Crippen molar-refractivity contribution < 1.29 is 5.11 Å². The van der Waals surface area contributed by atoms with Crippen LogP contribution in [0, 0.1) is 0 Å². The summed E-state index contributed by atoms with van der Waals surface area (Å²) in [5, 5.41) is 12.5. The van der Waals surface area contributed by atoms with Crippen molar-refractivity contribution in [1.82, 2.24) is 14.5 Å². The molecular weight excluding hydrogens is 470 g/mol. The highest BCUT2D eigenvalue weighted by Gasteiger charge is 2.34. The third-order valence-electron chi connectivity index (χ3n) is 7.88. The lowest BCUT2D eigenvalue weighted by atomic mass is 9.91. The number of pyridine rings is 2. The standard InChI is InChI=1S/C33H31N3O2/c1-35-31(28-18-29(22-37)36(21-28)20-23-7-3-2-4-8-23)19-30(25-13-15-34-16-14-25)32(33(35)38)27-12-11-24-9-5-6-10-26(24)17-27/h2-17,19,28-29,37H,18,20-22H2,1H3. The number of fused-ring (bicyclic) bond motifs is 1. The fourth-order valence-electron chi connectivity index (χ4n) is 5.89. The molecule has 2 unspecified atom stereocenters. The normalized spacial score (nSPS) is 17.7. The first-order chi connectivity index (χ1) is 18.6. The molecule has 6 rings (SSSR count). The molecule has 1 aliphatic heterocycles. The first-order valence-electron chi connectivity index (χ1n) is 13.1. The van der Waals surface area contributed by atoms with E-state index in [1.54, 1.807) is 12.4 Å². The van der Waals surface area contributed by atoms with E-state index in [4.69, 9.17) is 0 Å². The minimum absolute atomic E-state index is 0.00773. The maximum absolute atomic E-state index is 14.1. The van der Waals surface area contributed by atoms with Crippen molar-refractivity contribution in [1.29, 1.82) is 0 Å². The SMILES string of the molecule is Cn1c(C2CC(CO)N(Cc3ccccc3)C2)cc(-c2ccncc2)c(-c2ccc3ccccc3c2)c1=O. The van der Waals surface area contributed by atoms with E-state index < -0.39 is 0 Å². The Bertz CT molecular complexity index is 1630. The van der Waals surface area contributed by atoms with Gasteiger partial charge in [-0.25, -0.2) is 0 Å². The molecule has 0 radical (unpaired) electrons. The molecule has 0 saturated carbocycles. The Balaban J connectivity index is 1.45. The fraction of sp³-hybridized carbons (Fsp3) is 0.212. The van der Waals surface area contributed by atoms with E-state index in [0.29, 0.717) is 5.56 Å². The highest BCUT2D eigenvalue weighted by atomic mass is 16.3. The van der Waals surface area contributed by atoms with E-state index in [9.17, 15) is 9.90 Å². The van der Waals surface area contributed by atoms with Gasteiger partial charge >= 0.3 is 0 Å². The molecule has 1 N–H and O–H groups in total. The Kier molecular flexibility index (Phi) is 6.62. The van der Waals surface area contributed by atoms with Crippen molar-refractivity contribution in [3.8, 4) is 22.3 Å². The molecule has 5 aromatic rings. The van der Waals surface area contributed by atoms with E-state index in [1.807, 2.05) is 60.1 Å². The number of hydrogen-bond donors (Lipinski definition) is 1. The van der Waals surface area contributed by atoms with Crippen LogP contribution in [0.25, 0.3) is 33.0 Å². The number of likely N-dealkylation sites (tertiary alicyclic amines) is 1. The third kappa shape index (κ3) is 4.55. The zero-order valence-electron chi connectivity index (χ0n) is 21.5. The Morgan fingerprint density at radius 2 is 1.61 bits per heavy atom. The van der Waals surface area contributed by atoms with Crippen LogP contribution in [0.1, 0.15) is 23.6 Å². The van der Waals surface area contributed by atoms with Crippen molar-refractivity contribution >= 4 is 10.8 Å². The summed E-state index contributed by atoms with van der Waals surface area (Å²) in [4.78, 5) is 20.6. The summed E-state index contributed by atoms with van der Waals surface area (Å²) in [5.41, 5.74) is 5.72. The summed E-state index contributed by atoms with van der Waals surface area (Å²) in [6.45, 7) is 1.67. The van der Waals surface area contributed by atoms with Crippen LogP contribution in [-0.4, -0.2) is 38.8 Å². The van der Waals surface area contributed by atoms with Crippen molar-refractivity contribution in [2.45, 2.75) is 24.9 Å². The maximum atomic E-state index is 14.1. The van der Waals surface area contributed by atoms with Crippen LogP contribution >= 0.6 is 0 Å². The predicted octanol–water partition coefficient (Wildman–Crippen LogP) is 5.62. The van der Waals surface area contributed by atoms with Gasteiger partial charge in [0.2, 0.25) is 0 Å². The zero-order valence-corrected chi connectivity index (χ0v) is 21.5. The van der Waals surface area contributed by atoms with Gasteiger partial charge in [-0.05, 0) is 63.7 Å². The molecular formula is C33H31N3O2. The number of aliphatic hydroxyl groups is 1. The highest BCUT2D eigenvalue weighted by Crippen LogP contribution is 2.37. The molecule has 5 nitrogen and oxygen atoms in total. The van der Waals surface area contributed by atoms with Crippen molar-refractivity contribution in [2.24, 2.45) is 7.05 Å². The van der Waals surface area contributed by atoms with Gasteiger partial charge in [-0.1, -0.05) is 66.7 Å². The van der Waals surface area contributed by atoms with Gasteiger partial charge in [0.25, 0.3) is 5.56 Å². The number of nitrogens with zero attached hydrogens (tertiary/aromatic N) is 3. The van der Waals surface area contributed by atoms with Gasteiger partial charge in [0.15, 0.2) is 0 Å². The molecule has 1 fully saturated rings. The summed E-state index contributed by atoms with van der Waals surface area (Å²) in [7, 11) is 1.88. The topological polar surface area (TPSA) is 58.4 Å². The summed E-state index contributed by atoms with van der Waals surface area (Å²) >= 11 is 0. The van der Waals surface area contributed by atoms with Crippen molar-refractivity contribution in [3.05, 3.63) is 125 Å². The van der Waals surface area contributed by atoms with Gasteiger partial charge in [0.05, 0.1) is 12.2 Å². The van der Waals surface area contributed by atoms with E-state index >= 15 is 0 Å². The lowest BCUT2D eigenvalue weighted by molar-refractivity contribution is 0.153. The van der Waals surface area contributed by atoms with Gasteiger partial charge in [-0.3, -0.25) is 14.7 Å². The van der Waals surface area contributed by atoms with Crippen molar-refractivity contribution in [2.75, 3.05) is 13.2 Å². The number of aliphatic hydroxyl groups excluding tert-OH is 1. The van der Waals surface area contributed by atoms with Crippen LogP contribution in [0.5, 0.6) is 0 Å². The molecule has 3 heterocycles. The molecule has 190 valence electrons. The molecule has 0 spiro atoms. The molecule has 2 atom stereocenters. The van der Waals surface area contributed by atoms with E-state index in [0.717, 1.165) is 52.7 Å². The van der Waals surface area contributed by atoms with Crippen LogP contribution in [-0.2, 0) is 13.6 Å². The lowest BCUT2D eigenvalue weighted by Gasteiger charge is -2.23. The predicted molar refractivity (Wildman–Crippen MR) is 153 cm³/mol. The Labute approximate surface area is 222 Å². The van der Waals surface area contributed by atoms with Gasteiger partial charge in [0.1, 0.15) is 0 Å². The van der Waals surface area contributed by atoms with Gasteiger partial charge in [-0.15, -0.1) is 0 Å². The number of rotatable bonds is 6. The first kappa shape index (κ1) is 24.3. The van der Waals surface area contributed by atoms with Crippen LogP contribution in [0.4, 0.5) is 0 Å². The van der Waals surface area contributed by atoms with Gasteiger partial charge in [0, 0.05) is 50.2 Å². The molecule has 0 amide bonds. The van der Waals surface area contributed by atoms with E-state index in [-0.39, 0.29) is 24.1 Å². The second-order valence-electron chi connectivity index (χ2n) is 10.2. The maximum Gasteiger partial charge on any atom is 0.259 e. The zero-order chi connectivity index (χ0) is 26.1. The molecule has 1 saturated heterocycles. The largest absolute Gasteiger partial charge is 0.395 e. The Hall–Kier alpha value is -4.06. The smallest absolute Gasteiger partial charge is 0.259 e. The summed E-state index contributed by atoms with van der Waals surface area (Å²) in [6.07, 6.45) is 4.35. The second kappa shape index (κ2) is 10.4. The van der Waals surface area contributed by atoms with Gasteiger partial charge < -0.3 is 9.67 Å². The minimum atomic E-state index is -0.00773. The molecule has 0 bridgehead atoms. The van der Waals surface area contributed by atoms with Crippen LogP contribution in [0.15, 0.2) is 108 Å². The van der Waals surface area contributed by atoms with Crippen LogP contribution in [0.2, 0.25) is 0 Å². The minimum Gasteiger partial charge on any atom is -0.395 e. The monoisotopic (exact) mass is 501 g/mol. The van der Waals surface area contributed by atoms with Crippen molar-refractivity contribution in [3.63, 3.8) is 0 Å². The summed E-state index contributed by atoms with van der Waals surface area (Å²) < 4.78 is 1.82. The van der Waals surface area contributed by atoms with E-state index in [1.165, 1.54) is 5.56 Å². The third-order valence-corrected chi connectivity index (χ3v) is 7.88. The molecule has 0 aliphatic carbocycles. The Morgan fingerprint density at radius 3 is 2.37 bits per heavy atom. The summed E-state index contributed by atoms with van der Waals surface area (Å²) in [5.74, 6) is 0.139. The molecule has 38 heavy (non-hydrogen) atoms. The van der Waals surface area contributed by atoms with E-state index in [2.05, 4.69) is 52.3 Å². The Morgan fingerprint density at radius 1 is 0.868 bits per heavy atom. The van der Waals surface area contributed by atoms with Crippen LogP contribution in [0.3, 0.4) is 0 Å². The lowest BCUT2D eigenvalue weighted by Crippen LogP contribution is -2.31. The summed E-state index contributed by atoms with van der Waals surface area (Å²) in [6, 6.07) is 31.0. The van der Waals surface area contributed by atoms with Gasteiger partial charge in [-0.2, -0.15) is 0 Å². The average molecular weight is 502 g/mol. The average Bonchev–Trinajstić information content (AvgIpc) is 3.37. The molecule has 1 aliphatic rings. The fourth-order valence-corrected chi connectivity index (χ4v) is 5.89. The molecule has 2 aromatic heterocycles. The second-order valence-corrected chi connectivity index (χ2v) is 10.2. The number of aromatic nitrogens is 2. The number of benzene rings is 3. The highest BCUT2D eigenvalue weighted by molar-refractivity contribution is 5.91. The van der Waals surface area contributed by atoms with Crippen LogP contribution < -0.4 is 5.56 Å². The first-order valence-corrected chi connectivity index (χ1v) is 13.1.